The lowest BCUT2D eigenvalue weighted by Gasteiger charge is -2.32. The SMILES string of the molecule is Cc1cncc([C@@H]2CCCN(C(=O)CCn3ccnc3)C2)n1. The highest BCUT2D eigenvalue weighted by atomic mass is 16.2. The minimum atomic E-state index is 0.207. The van der Waals surface area contributed by atoms with Gasteiger partial charge in [0, 0.05) is 56.8 Å². The van der Waals surface area contributed by atoms with Crippen LogP contribution in [-0.2, 0) is 11.3 Å². The third-order valence-electron chi connectivity index (χ3n) is 4.11. The molecule has 1 atom stereocenters. The Balaban J connectivity index is 1.59. The Labute approximate surface area is 130 Å². The van der Waals surface area contributed by atoms with Gasteiger partial charge in [0.25, 0.3) is 0 Å². The number of aromatic nitrogens is 4. The molecule has 3 heterocycles. The minimum absolute atomic E-state index is 0.207. The topological polar surface area (TPSA) is 63.9 Å². The Bertz CT molecular complexity index is 625. The van der Waals surface area contributed by atoms with Crippen LogP contribution in [0.1, 0.15) is 36.6 Å². The molecule has 1 amide bonds. The molecule has 6 nitrogen and oxygen atoms in total. The van der Waals surface area contributed by atoms with E-state index >= 15 is 0 Å². The van der Waals surface area contributed by atoms with Crippen LogP contribution in [0.3, 0.4) is 0 Å². The van der Waals surface area contributed by atoms with Crippen molar-refractivity contribution in [1.82, 2.24) is 24.4 Å². The van der Waals surface area contributed by atoms with Crippen LogP contribution in [-0.4, -0.2) is 43.4 Å². The van der Waals surface area contributed by atoms with E-state index in [1.165, 1.54) is 0 Å². The molecule has 1 aliphatic heterocycles. The molecule has 22 heavy (non-hydrogen) atoms. The molecule has 1 saturated heterocycles. The summed E-state index contributed by atoms with van der Waals surface area (Å²) in [7, 11) is 0. The molecule has 0 aliphatic carbocycles. The first-order valence-corrected chi connectivity index (χ1v) is 7.74. The van der Waals surface area contributed by atoms with Crippen LogP contribution in [0.5, 0.6) is 0 Å². The molecule has 1 aliphatic rings. The third-order valence-corrected chi connectivity index (χ3v) is 4.11. The lowest BCUT2D eigenvalue weighted by Crippen LogP contribution is -2.39. The van der Waals surface area contributed by atoms with Crippen molar-refractivity contribution >= 4 is 5.91 Å². The largest absolute Gasteiger partial charge is 0.342 e. The molecular formula is C16H21N5O. The summed E-state index contributed by atoms with van der Waals surface area (Å²) in [6, 6.07) is 0. The lowest BCUT2D eigenvalue weighted by molar-refractivity contribution is -0.132. The second-order valence-corrected chi connectivity index (χ2v) is 5.81. The van der Waals surface area contributed by atoms with Crippen LogP contribution < -0.4 is 0 Å². The summed E-state index contributed by atoms with van der Waals surface area (Å²) in [5.41, 5.74) is 1.94. The van der Waals surface area contributed by atoms with Crippen molar-refractivity contribution < 1.29 is 4.79 Å². The highest BCUT2D eigenvalue weighted by molar-refractivity contribution is 5.76. The number of rotatable bonds is 4. The van der Waals surface area contributed by atoms with Gasteiger partial charge >= 0.3 is 0 Å². The van der Waals surface area contributed by atoms with E-state index in [4.69, 9.17) is 0 Å². The number of hydrogen-bond acceptors (Lipinski definition) is 4. The molecule has 3 rings (SSSR count). The number of carbonyl (C=O) groups is 1. The maximum absolute atomic E-state index is 12.4. The van der Waals surface area contributed by atoms with Crippen LogP contribution in [0.4, 0.5) is 0 Å². The third kappa shape index (κ3) is 3.50. The molecule has 2 aromatic rings. The van der Waals surface area contributed by atoms with Crippen molar-refractivity contribution in [2.75, 3.05) is 13.1 Å². The molecule has 0 unspecified atom stereocenters. The highest BCUT2D eigenvalue weighted by Gasteiger charge is 2.25. The van der Waals surface area contributed by atoms with Gasteiger partial charge in [0.05, 0.1) is 17.7 Å². The quantitative estimate of drug-likeness (QED) is 0.863. The van der Waals surface area contributed by atoms with Gasteiger partial charge in [-0.3, -0.25) is 14.8 Å². The van der Waals surface area contributed by atoms with E-state index in [1.807, 2.05) is 28.8 Å². The van der Waals surface area contributed by atoms with Crippen molar-refractivity contribution in [3.8, 4) is 0 Å². The summed E-state index contributed by atoms with van der Waals surface area (Å²) in [5.74, 6) is 0.511. The van der Waals surface area contributed by atoms with Gasteiger partial charge in [-0.25, -0.2) is 4.98 Å². The number of amides is 1. The number of hydrogen-bond donors (Lipinski definition) is 0. The van der Waals surface area contributed by atoms with Gasteiger partial charge in [-0.1, -0.05) is 0 Å². The molecule has 116 valence electrons. The van der Waals surface area contributed by atoms with Gasteiger partial charge in [0.1, 0.15) is 0 Å². The predicted octanol–water partition coefficient (Wildman–Crippen LogP) is 1.78. The zero-order valence-electron chi connectivity index (χ0n) is 12.9. The normalized spacial score (nSPS) is 18.4. The molecule has 0 N–H and O–H groups in total. The Hall–Kier alpha value is -2.24. The van der Waals surface area contributed by atoms with Crippen molar-refractivity contribution in [2.45, 2.75) is 38.6 Å². The van der Waals surface area contributed by atoms with Crippen molar-refractivity contribution in [2.24, 2.45) is 0 Å². The van der Waals surface area contributed by atoms with E-state index in [0.717, 1.165) is 37.3 Å². The second-order valence-electron chi connectivity index (χ2n) is 5.81. The van der Waals surface area contributed by atoms with E-state index in [0.29, 0.717) is 18.9 Å². The number of carbonyl (C=O) groups excluding carboxylic acids is 1. The van der Waals surface area contributed by atoms with E-state index in [9.17, 15) is 4.79 Å². The molecule has 6 heteroatoms. The number of piperidine rings is 1. The average Bonchev–Trinajstić information content (AvgIpc) is 3.06. The molecule has 0 aromatic carbocycles. The number of likely N-dealkylation sites (tertiary alicyclic amines) is 1. The van der Waals surface area contributed by atoms with Gasteiger partial charge in [-0.05, 0) is 19.8 Å². The van der Waals surface area contributed by atoms with Gasteiger partial charge in [0.15, 0.2) is 0 Å². The van der Waals surface area contributed by atoms with E-state index in [2.05, 4.69) is 15.0 Å². The molecule has 2 aromatic heterocycles. The molecule has 0 saturated carbocycles. The first kappa shape index (κ1) is 14.7. The Morgan fingerprint density at radius 2 is 2.27 bits per heavy atom. The Morgan fingerprint density at radius 1 is 1.36 bits per heavy atom. The molecular weight excluding hydrogens is 278 g/mol. The van der Waals surface area contributed by atoms with Gasteiger partial charge in [-0.2, -0.15) is 0 Å². The summed E-state index contributed by atoms with van der Waals surface area (Å²) in [4.78, 5) is 27.1. The fraction of sp³-hybridized carbons (Fsp3) is 0.500. The highest BCUT2D eigenvalue weighted by Crippen LogP contribution is 2.25. The summed E-state index contributed by atoms with van der Waals surface area (Å²) in [6.45, 7) is 4.23. The summed E-state index contributed by atoms with van der Waals surface area (Å²) >= 11 is 0. The van der Waals surface area contributed by atoms with Gasteiger partial charge in [0.2, 0.25) is 5.91 Å². The maximum Gasteiger partial charge on any atom is 0.224 e. The zero-order valence-corrected chi connectivity index (χ0v) is 12.9. The fourth-order valence-corrected chi connectivity index (χ4v) is 2.93. The van der Waals surface area contributed by atoms with Crippen LogP contribution in [0.25, 0.3) is 0 Å². The van der Waals surface area contributed by atoms with Crippen molar-refractivity contribution in [1.29, 1.82) is 0 Å². The van der Waals surface area contributed by atoms with Crippen LogP contribution in [0, 0.1) is 6.92 Å². The Morgan fingerprint density at radius 3 is 3.05 bits per heavy atom. The van der Waals surface area contributed by atoms with Crippen LogP contribution >= 0.6 is 0 Å². The maximum atomic E-state index is 12.4. The summed E-state index contributed by atoms with van der Waals surface area (Å²) in [6.07, 6.45) is 11.6. The fourth-order valence-electron chi connectivity index (χ4n) is 2.93. The predicted molar refractivity (Wildman–Crippen MR) is 82.2 cm³/mol. The first-order chi connectivity index (χ1) is 10.7. The first-order valence-electron chi connectivity index (χ1n) is 7.74. The summed E-state index contributed by atoms with van der Waals surface area (Å²) < 4.78 is 1.94. The standard InChI is InChI=1S/C16H21N5O/c1-13-9-18-10-15(19-13)14-3-2-6-21(11-14)16(22)4-7-20-8-5-17-12-20/h5,8-10,12,14H,2-4,6-7,11H2,1H3/t14-/m1/s1. The van der Waals surface area contributed by atoms with E-state index < -0.39 is 0 Å². The van der Waals surface area contributed by atoms with Crippen molar-refractivity contribution in [3.05, 3.63) is 42.5 Å². The van der Waals surface area contributed by atoms with Crippen LogP contribution in [0.2, 0.25) is 0 Å². The monoisotopic (exact) mass is 299 g/mol. The van der Waals surface area contributed by atoms with E-state index in [-0.39, 0.29) is 5.91 Å². The lowest BCUT2D eigenvalue weighted by atomic mass is 9.94. The van der Waals surface area contributed by atoms with Crippen LogP contribution in [0.15, 0.2) is 31.1 Å². The molecule has 0 spiro atoms. The van der Waals surface area contributed by atoms with Crippen molar-refractivity contribution in [3.63, 3.8) is 0 Å². The second kappa shape index (κ2) is 6.68. The number of nitrogens with zero attached hydrogens (tertiary/aromatic N) is 5. The van der Waals surface area contributed by atoms with Gasteiger partial charge in [-0.15, -0.1) is 0 Å². The minimum Gasteiger partial charge on any atom is -0.342 e. The number of aryl methyl sites for hydroxylation is 2. The Kier molecular flexibility index (Phi) is 4.46. The van der Waals surface area contributed by atoms with Gasteiger partial charge < -0.3 is 9.47 Å². The van der Waals surface area contributed by atoms with E-state index in [1.54, 1.807) is 18.7 Å². The molecule has 1 fully saturated rings. The smallest absolute Gasteiger partial charge is 0.224 e. The zero-order chi connectivity index (χ0) is 15.4. The summed E-state index contributed by atoms with van der Waals surface area (Å²) in [5, 5.41) is 0. The average molecular weight is 299 g/mol. The number of imidazole rings is 1. The molecule has 0 bridgehead atoms. The molecule has 0 radical (unpaired) electrons.